The Balaban J connectivity index is 1.30. The van der Waals surface area contributed by atoms with Crippen LogP contribution in [-0.4, -0.2) is 59.3 Å². The highest BCUT2D eigenvalue weighted by Crippen LogP contribution is 2.19. The van der Waals surface area contributed by atoms with Crippen molar-refractivity contribution in [2.45, 2.75) is 18.9 Å². The topological polar surface area (TPSA) is 104 Å². The molecule has 2 N–H and O–H groups in total. The van der Waals surface area contributed by atoms with Gasteiger partial charge in [0.25, 0.3) is 5.91 Å². The first-order valence-corrected chi connectivity index (χ1v) is 8.68. The van der Waals surface area contributed by atoms with E-state index in [1.54, 1.807) is 23.1 Å². The van der Waals surface area contributed by atoms with E-state index < -0.39 is 0 Å². The van der Waals surface area contributed by atoms with Gasteiger partial charge in [-0.3, -0.25) is 10.1 Å². The number of hydrogen-bond donors (Lipinski definition) is 2. The normalized spacial score (nSPS) is 17.1. The molecule has 9 heteroatoms. The molecule has 1 saturated heterocycles. The van der Waals surface area contributed by atoms with Crippen LogP contribution < -0.4 is 15.5 Å². The van der Waals surface area contributed by atoms with Crippen molar-refractivity contribution in [2.75, 3.05) is 36.4 Å². The lowest BCUT2D eigenvalue weighted by molar-refractivity contribution is 0.0714. The summed E-state index contributed by atoms with van der Waals surface area (Å²) >= 11 is 0. The Kier molecular flexibility index (Phi) is 4.42. The highest BCUT2D eigenvalue weighted by atomic mass is 16.3. The molecule has 1 aliphatic heterocycles. The average Bonchev–Trinajstić information content (AvgIpc) is 3.30. The minimum absolute atomic E-state index is 0.0954. The van der Waals surface area contributed by atoms with Gasteiger partial charge in [0.2, 0.25) is 0 Å². The van der Waals surface area contributed by atoms with E-state index in [-0.39, 0.29) is 11.9 Å². The second kappa shape index (κ2) is 7.03. The molecule has 4 rings (SSSR count). The van der Waals surface area contributed by atoms with Gasteiger partial charge in [-0.15, -0.1) is 10.2 Å². The molecule has 1 saturated carbocycles. The predicted molar refractivity (Wildman–Crippen MR) is 94.0 cm³/mol. The quantitative estimate of drug-likeness (QED) is 0.856. The Morgan fingerprint density at radius 1 is 1.08 bits per heavy atom. The zero-order valence-corrected chi connectivity index (χ0v) is 14.2. The molecule has 2 aliphatic rings. The van der Waals surface area contributed by atoms with E-state index in [1.807, 2.05) is 6.07 Å². The number of carbonyl (C=O) groups is 2. The van der Waals surface area contributed by atoms with Gasteiger partial charge in [-0.2, -0.15) is 0 Å². The van der Waals surface area contributed by atoms with Crippen molar-refractivity contribution in [2.24, 2.45) is 0 Å². The Labute approximate surface area is 150 Å². The molecular formula is C17H20N6O3. The maximum Gasteiger partial charge on any atom is 0.320 e. The van der Waals surface area contributed by atoms with Crippen LogP contribution in [0.5, 0.6) is 0 Å². The molecule has 9 nitrogen and oxygen atoms in total. The molecule has 3 heterocycles. The Morgan fingerprint density at radius 3 is 2.50 bits per heavy atom. The summed E-state index contributed by atoms with van der Waals surface area (Å²) in [4.78, 5) is 27.8. The Hall–Kier alpha value is -3.10. The molecule has 136 valence electrons. The second-order valence-electron chi connectivity index (χ2n) is 6.41. The molecule has 0 spiro atoms. The lowest BCUT2D eigenvalue weighted by Crippen LogP contribution is -2.49. The first-order chi connectivity index (χ1) is 12.7. The highest BCUT2D eigenvalue weighted by molar-refractivity contribution is 5.91. The summed E-state index contributed by atoms with van der Waals surface area (Å²) in [5, 5.41) is 13.7. The second-order valence-corrected chi connectivity index (χ2v) is 6.41. The number of piperazine rings is 1. The molecule has 0 radical (unpaired) electrons. The third-order valence-corrected chi connectivity index (χ3v) is 4.43. The van der Waals surface area contributed by atoms with Crippen molar-refractivity contribution in [3.8, 4) is 0 Å². The summed E-state index contributed by atoms with van der Waals surface area (Å²) in [6, 6.07) is 6.98. The summed E-state index contributed by atoms with van der Waals surface area (Å²) in [5.74, 6) is 1.40. The van der Waals surface area contributed by atoms with E-state index in [9.17, 15) is 9.59 Å². The Bertz CT molecular complexity index is 764. The van der Waals surface area contributed by atoms with Crippen LogP contribution in [0.4, 0.5) is 16.4 Å². The van der Waals surface area contributed by atoms with Crippen LogP contribution in [0.1, 0.15) is 23.4 Å². The molecular weight excluding hydrogens is 336 g/mol. The molecule has 1 aliphatic carbocycles. The third-order valence-electron chi connectivity index (χ3n) is 4.43. The number of rotatable bonds is 4. The highest BCUT2D eigenvalue weighted by Gasteiger charge is 2.25. The molecule has 2 aromatic rings. The van der Waals surface area contributed by atoms with Gasteiger partial charge >= 0.3 is 6.03 Å². The minimum atomic E-state index is -0.250. The number of nitrogens with one attached hydrogen (secondary N) is 2. The average molecular weight is 356 g/mol. The van der Waals surface area contributed by atoms with Crippen LogP contribution in [-0.2, 0) is 0 Å². The maximum absolute atomic E-state index is 12.3. The fraction of sp³-hybridized carbons (Fsp3) is 0.412. The van der Waals surface area contributed by atoms with Crippen LogP contribution in [0, 0.1) is 0 Å². The van der Waals surface area contributed by atoms with Crippen LogP contribution >= 0.6 is 0 Å². The summed E-state index contributed by atoms with van der Waals surface area (Å²) in [5.41, 5.74) is 0. The standard InChI is InChI=1S/C17H20N6O3/c24-16(13-2-1-11-26-13)23-9-7-22(8-10-23)15-6-5-14(20-21-15)19-17(25)18-12-3-4-12/h1-2,5-6,11-12H,3-4,7-10H2,(H2,18,19,20,25). The van der Waals surface area contributed by atoms with Gasteiger partial charge in [0, 0.05) is 32.2 Å². The maximum atomic E-state index is 12.3. The van der Waals surface area contributed by atoms with Gasteiger partial charge < -0.3 is 19.5 Å². The predicted octanol–water partition coefficient (Wildman–Crippen LogP) is 1.32. The van der Waals surface area contributed by atoms with Crippen molar-refractivity contribution in [3.05, 3.63) is 36.3 Å². The van der Waals surface area contributed by atoms with Crippen molar-refractivity contribution in [1.29, 1.82) is 0 Å². The zero-order chi connectivity index (χ0) is 17.9. The summed E-state index contributed by atoms with van der Waals surface area (Å²) in [6.45, 7) is 2.50. The molecule has 0 aromatic carbocycles. The summed E-state index contributed by atoms with van der Waals surface area (Å²) in [7, 11) is 0. The monoisotopic (exact) mass is 356 g/mol. The minimum Gasteiger partial charge on any atom is -0.459 e. The number of aromatic nitrogens is 2. The largest absolute Gasteiger partial charge is 0.459 e. The lowest BCUT2D eigenvalue weighted by atomic mass is 10.3. The van der Waals surface area contributed by atoms with Gasteiger partial charge in [0.05, 0.1) is 6.26 Å². The SMILES string of the molecule is O=C(Nc1ccc(N2CCN(C(=O)c3ccco3)CC2)nn1)NC1CC1. The van der Waals surface area contributed by atoms with E-state index in [4.69, 9.17) is 4.42 Å². The number of hydrogen-bond acceptors (Lipinski definition) is 6. The van der Waals surface area contributed by atoms with Gasteiger partial charge in [-0.05, 0) is 37.1 Å². The summed E-state index contributed by atoms with van der Waals surface area (Å²) in [6.07, 6.45) is 3.57. The molecule has 2 fully saturated rings. The third kappa shape index (κ3) is 3.76. The molecule has 0 atom stereocenters. The number of carbonyl (C=O) groups excluding carboxylic acids is 2. The van der Waals surface area contributed by atoms with E-state index in [0.717, 1.165) is 18.7 Å². The van der Waals surface area contributed by atoms with E-state index in [1.165, 1.54) is 6.26 Å². The fourth-order valence-electron chi connectivity index (χ4n) is 2.82. The molecule has 2 aromatic heterocycles. The lowest BCUT2D eigenvalue weighted by Gasteiger charge is -2.34. The van der Waals surface area contributed by atoms with Crippen molar-refractivity contribution >= 4 is 23.6 Å². The smallest absolute Gasteiger partial charge is 0.320 e. The van der Waals surface area contributed by atoms with Crippen LogP contribution in [0.15, 0.2) is 34.9 Å². The Morgan fingerprint density at radius 2 is 1.88 bits per heavy atom. The number of urea groups is 1. The first kappa shape index (κ1) is 16.4. The number of amides is 3. The van der Waals surface area contributed by atoms with E-state index in [0.29, 0.717) is 43.8 Å². The molecule has 0 bridgehead atoms. The van der Waals surface area contributed by atoms with Gasteiger partial charge in [-0.1, -0.05) is 0 Å². The number of anilines is 2. The van der Waals surface area contributed by atoms with E-state index in [2.05, 4.69) is 25.7 Å². The molecule has 0 unspecified atom stereocenters. The fourth-order valence-corrected chi connectivity index (χ4v) is 2.82. The number of furan rings is 1. The zero-order valence-electron chi connectivity index (χ0n) is 14.2. The van der Waals surface area contributed by atoms with Crippen LogP contribution in [0.3, 0.4) is 0 Å². The van der Waals surface area contributed by atoms with Crippen LogP contribution in [0.25, 0.3) is 0 Å². The van der Waals surface area contributed by atoms with Crippen molar-refractivity contribution in [1.82, 2.24) is 20.4 Å². The van der Waals surface area contributed by atoms with Crippen molar-refractivity contribution in [3.63, 3.8) is 0 Å². The van der Waals surface area contributed by atoms with Crippen LogP contribution in [0.2, 0.25) is 0 Å². The van der Waals surface area contributed by atoms with Gasteiger partial charge in [0.1, 0.15) is 0 Å². The van der Waals surface area contributed by atoms with Crippen molar-refractivity contribution < 1.29 is 14.0 Å². The number of nitrogens with zero attached hydrogens (tertiary/aromatic N) is 4. The summed E-state index contributed by atoms with van der Waals surface area (Å²) < 4.78 is 5.17. The molecule has 3 amide bonds. The first-order valence-electron chi connectivity index (χ1n) is 8.68. The van der Waals surface area contributed by atoms with Gasteiger partial charge in [-0.25, -0.2) is 4.79 Å². The van der Waals surface area contributed by atoms with E-state index >= 15 is 0 Å². The molecule has 26 heavy (non-hydrogen) atoms. The van der Waals surface area contributed by atoms with Gasteiger partial charge in [0.15, 0.2) is 17.4 Å².